The van der Waals surface area contributed by atoms with E-state index >= 15 is 0 Å². The summed E-state index contributed by atoms with van der Waals surface area (Å²) < 4.78 is 2.30. The first-order chi connectivity index (χ1) is 18.3. The third kappa shape index (κ3) is 3.01. The molecule has 37 heavy (non-hydrogen) atoms. The predicted octanol–water partition coefficient (Wildman–Crippen LogP) is 8.68. The number of hydrogen-bond acceptors (Lipinski definition) is 2. The van der Waals surface area contributed by atoms with Crippen molar-refractivity contribution >= 4 is 49.3 Å². The normalized spacial score (nSPS) is 11.8. The maximum Gasteiger partial charge on any atom is 0.146 e. The Labute approximate surface area is 213 Å². The maximum atomic E-state index is 5.07. The van der Waals surface area contributed by atoms with E-state index in [0.29, 0.717) is 0 Å². The highest BCUT2D eigenvalue weighted by molar-refractivity contribution is 6.14. The number of fused-ring (bicyclic) bond motifs is 9. The quantitative estimate of drug-likeness (QED) is 0.236. The second-order valence-corrected chi connectivity index (χ2v) is 9.50. The minimum absolute atomic E-state index is 0.996. The zero-order valence-corrected chi connectivity index (χ0v) is 20.0. The lowest BCUT2D eigenvalue weighted by molar-refractivity contribution is 1.31. The number of para-hydroxylation sites is 4. The van der Waals surface area contributed by atoms with Crippen LogP contribution in [0.15, 0.2) is 128 Å². The maximum absolute atomic E-state index is 5.07. The van der Waals surface area contributed by atoms with Gasteiger partial charge >= 0.3 is 0 Å². The topological polar surface area (TPSA) is 30.2 Å². The fourth-order valence-corrected chi connectivity index (χ4v) is 5.67. The number of aromatic nitrogens is 3. The molecule has 5 aromatic carbocycles. The molecule has 3 aromatic heterocycles. The highest BCUT2D eigenvalue weighted by Gasteiger charge is 2.14. The highest BCUT2D eigenvalue weighted by Crippen LogP contribution is 2.35. The molecule has 0 saturated heterocycles. The summed E-state index contributed by atoms with van der Waals surface area (Å²) in [6, 6.07) is 43.0. The van der Waals surface area contributed by atoms with E-state index < -0.39 is 0 Å². The van der Waals surface area contributed by atoms with E-state index in [1.807, 2.05) is 12.3 Å². The van der Waals surface area contributed by atoms with Crippen LogP contribution in [0, 0.1) is 0 Å². The van der Waals surface area contributed by atoms with Gasteiger partial charge in [-0.1, -0.05) is 91.0 Å². The molecule has 0 aliphatic rings. The Morgan fingerprint density at radius 1 is 0.514 bits per heavy atom. The minimum Gasteiger partial charge on any atom is -0.292 e. The zero-order chi connectivity index (χ0) is 24.3. The first-order valence-corrected chi connectivity index (χ1v) is 12.5. The molecule has 0 spiro atoms. The van der Waals surface area contributed by atoms with Gasteiger partial charge in [0.15, 0.2) is 0 Å². The van der Waals surface area contributed by atoms with Crippen LogP contribution in [-0.2, 0) is 0 Å². The molecule has 3 nitrogen and oxygen atoms in total. The predicted molar refractivity (Wildman–Crippen MR) is 154 cm³/mol. The summed E-state index contributed by atoms with van der Waals surface area (Å²) in [7, 11) is 0. The third-order valence-electron chi connectivity index (χ3n) is 7.42. The molecule has 0 amide bonds. The molecule has 0 fully saturated rings. The molecule has 0 unspecified atom stereocenters. The van der Waals surface area contributed by atoms with Crippen molar-refractivity contribution in [1.29, 1.82) is 0 Å². The lowest BCUT2D eigenvalue weighted by Gasteiger charge is -2.11. The van der Waals surface area contributed by atoms with Gasteiger partial charge in [0.1, 0.15) is 5.65 Å². The van der Waals surface area contributed by atoms with Gasteiger partial charge in [-0.15, -0.1) is 0 Å². The Hall–Kier alpha value is -5.02. The van der Waals surface area contributed by atoms with Gasteiger partial charge in [-0.05, 0) is 52.4 Å². The number of imidazole rings is 1. The van der Waals surface area contributed by atoms with Gasteiger partial charge in [0.2, 0.25) is 0 Å². The van der Waals surface area contributed by atoms with Crippen LogP contribution in [0.4, 0.5) is 0 Å². The number of nitrogens with zero attached hydrogens (tertiary/aromatic N) is 3. The second-order valence-electron chi connectivity index (χ2n) is 9.50. The van der Waals surface area contributed by atoms with E-state index in [1.165, 1.54) is 33.0 Å². The van der Waals surface area contributed by atoms with Crippen LogP contribution in [-0.4, -0.2) is 14.4 Å². The van der Waals surface area contributed by atoms with E-state index in [4.69, 9.17) is 4.98 Å². The Morgan fingerprint density at radius 2 is 1.27 bits per heavy atom. The van der Waals surface area contributed by atoms with Crippen molar-refractivity contribution in [2.75, 3.05) is 0 Å². The van der Waals surface area contributed by atoms with E-state index in [2.05, 4.69) is 125 Å². The molecular formula is C34H21N3. The summed E-state index contributed by atoms with van der Waals surface area (Å²) in [4.78, 5) is 9.70. The van der Waals surface area contributed by atoms with Crippen LogP contribution in [0.3, 0.4) is 0 Å². The largest absolute Gasteiger partial charge is 0.292 e. The third-order valence-corrected chi connectivity index (χ3v) is 7.42. The Morgan fingerprint density at radius 3 is 2.19 bits per heavy atom. The average Bonchev–Trinajstić information content (AvgIpc) is 3.37. The highest BCUT2D eigenvalue weighted by atomic mass is 15.0. The summed E-state index contributed by atoms with van der Waals surface area (Å²) in [6.07, 6.45) is 1.86. The van der Waals surface area contributed by atoms with Gasteiger partial charge in [0, 0.05) is 27.9 Å². The smallest absolute Gasteiger partial charge is 0.146 e. The molecule has 3 heterocycles. The van der Waals surface area contributed by atoms with Crippen LogP contribution in [0.25, 0.3) is 71.5 Å². The molecular weight excluding hydrogens is 450 g/mol. The van der Waals surface area contributed by atoms with Gasteiger partial charge in [-0.25, -0.2) is 4.98 Å². The molecule has 172 valence electrons. The standard InChI is InChI=1S/C34H21N3/c1-3-12-31-28(9-1)27-19-18-25(21-29(27)34-36-30-11-2-4-13-32(30)37(31)34)22-14-16-23(17-15-22)26-10-5-7-24-8-6-20-35-33(24)26/h1-21H. The molecule has 0 radical (unpaired) electrons. The van der Waals surface area contributed by atoms with Gasteiger partial charge in [-0.3, -0.25) is 9.38 Å². The van der Waals surface area contributed by atoms with Crippen LogP contribution in [0.1, 0.15) is 0 Å². The molecule has 0 aliphatic carbocycles. The average molecular weight is 472 g/mol. The van der Waals surface area contributed by atoms with E-state index in [1.54, 1.807) is 0 Å². The molecule has 8 aromatic rings. The summed E-state index contributed by atoms with van der Waals surface area (Å²) in [5.41, 5.74) is 10.0. The summed E-state index contributed by atoms with van der Waals surface area (Å²) in [6.45, 7) is 0. The summed E-state index contributed by atoms with van der Waals surface area (Å²) >= 11 is 0. The van der Waals surface area contributed by atoms with Crippen LogP contribution in [0.5, 0.6) is 0 Å². The fraction of sp³-hybridized carbons (Fsp3) is 0. The van der Waals surface area contributed by atoms with Gasteiger partial charge in [0.05, 0.1) is 22.1 Å². The van der Waals surface area contributed by atoms with Crippen LogP contribution < -0.4 is 0 Å². The number of benzene rings is 5. The van der Waals surface area contributed by atoms with Crippen molar-refractivity contribution in [2.24, 2.45) is 0 Å². The summed E-state index contributed by atoms with van der Waals surface area (Å²) in [5.74, 6) is 0. The molecule has 8 rings (SSSR count). The fourth-order valence-electron chi connectivity index (χ4n) is 5.67. The first kappa shape index (κ1) is 20.2. The molecule has 0 N–H and O–H groups in total. The van der Waals surface area contributed by atoms with Crippen molar-refractivity contribution in [3.8, 4) is 22.3 Å². The Bertz CT molecular complexity index is 2130. The zero-order valence-electron chi connectivity index (χ0n) is 20.0. The number of hydrogen-bond donors (Lipinski definition) is 0. The second kappa shape index (κ2) is 7.74. The van der Waals surface area contributed by atoms with Crippen LogP contribution in [0.2, 0.25) is 0 Å². The monoisotopic (exact) mass is 471 g/mol. The van der Waals surface area contributed by atoms with Crippen molar-refractivity contribution < 1.29 is 0 Å². The van der Waals surface area contributed by atoms with E-state index in [9.17, 15) is 0 Å². The summed E-state index contributed by atoms with van der Waals surface area (Å²) in [5, 5.41) is 4.77. The Kier molecular flexibility index (Phi) is 4.23. The lowest BCUT2D eigenvalue weighted by atomic mass is 9.96. The van der Waals surface area contributed by atoms with Gasteiger partial charge in [-0.2, -0.15) is 0 Å². The van der Waals surface area contributed by atoms with Gasteiger partial charge < -0.3 is 0 Å². The molecule has 0 bridgehead atoms. The van der Waals surface area contributed by atoms with Gasteiger partial charge in [0.25, 0.3) is 0 Å². The molecule has 3 heteroatoms. The van der Waals surface area contributed by atoms with Crippen molar-refractivity contribution in [1.82, 2.24) is 14.4 Å². The molecule has 0 aliphatic heterocycles. The van der Waals surface area contributed by atoms with Crippen molar-refractivity contribution in [3.05, 3.63) is 128 Å². The van der Waals surface area contributed by atoms with E-state index in [-0.39, 0.29) is 0 Å². The molecule has 0 saturated carbocycles. The Balaban J connectivity index is 1.33. The lowest BCUT2D eigenvalue weighted by Crippen LogP contribution is -1.92. The van der Waals surface area contributed by atoms with Crippen molar-refractivity contribution in [2.45, 2.75) is 0 Å². The van der Waals surface area contributed by atoms with Crippen molar-refractivity contribution in [3.63, 3.8) is 0 Å². The van der Waals surface area contributed by atoms with Crippen LogP contribution >= 0.6 is 0 Å². The molecule has 0 atom stereocenters. The number of pyridine rings is 2. The minimum atomic E-state index is 0.996. The SMILES string of the molecule is c1cnc2c(-c3ccc(-c4ccc5c6ccccc6n6c7ccccc7nc6c5c4)cc3)cccc2c1. The van der Waals surface area contributed by atoms with E-state index in [0.717, 1.165) is 38.5 Å². The first-order valence-electron chi connectivity index (χ1n) is 12.5. The number of rotatable bonds is 2.